The molecule has 0 saturated heterocycles. The van der Waals surface area contributed by atoms with Gasteiger partial charge in [0.05, 0.1) is 5.01 Å². The molecule has 0 spiro atoms. The van der Waals surface area contributed by atoms with E-state index in [1.54, 1.807) is 17.3 Å². The zero-order chi connectivity index (χ0) is 18.5. The van der Waals surface area contributed by atoms with Crippen molar-refractivity contribution in [1.82, 2.24) is 24.8 Å². The molecule has 3 heterocycles. The predicted molar refractivity (Wildman–Crippen MR) is 100.0 cm³/mol. The number of nitrogens with one attached hydrogen (secondary N) is 1. The molecule has 3 rings (SSSR count). The number of H-pyrrole nitrogens is 1. The predicted octanol–water partition coefficient (Wildman–Crippen LogP) is 2.65. The standard InChI is InChI=1S/C18H19N5O2S/c1-3-7-23(10-13-5-4-6-19-8-13)18(25)14-9-20-16(22-17(14)24)15-11-26-12(2)21-15/h4-6,8-9,11H,3,7,10H2,1-2H3,(H,20,22,24). The summed E-state index contributed by atoms with van der Waals surface area (Å²) in [7, 11) is 0. The van der Waals surface area contributed by atoms with Crippen molar-refractivity contribution in [3.8, 4) is 11.5 Å². The van der Waals surface area contributed by atoms with Gasteiger partial charge < -0.3 is 9.88 Å². The lowest BCUT2D eigenvalue weighted by Crippen LogP contribution is -2.35. The molecule has 7 nitrogen and oxygen atoms in total. The Balaban J connectivity index is 1.86. The van der Waals surface area contributed by atoms with Gasteiger partial charge in [-0.25, -0.2) is 9.97 Å². The van der Waals surface area contributed by atoms with E-state index in [4.69, 9.17) is 0 Å². The average Bonchev–Trinajstić information content (AvgIpc) is 3.08. The van der Waals surface area contributed by atoms with E-state index in [9.17, 15) is 9.59 Å². The molecule has 0 saturated carbocycles. The zero-order valence-corrected chi connectivity index (χ0v) is 15.4. The number of aryl methyl sites for hydroxylation is 1. The molecule has 134 valence electrons. The smallest absolute Gasteiger partial charge is 0.264 e. The van der Waals surface area contributed by atoms with Crippen molar-refractivity contribution >= 4 is 17.2 Å². The highest BCUT2D eigenvalue weighted by Crippen LogP contribution is 2.17. The Morgan fingerprint density at radius 1 is 1.35 bits per heavy atom. The Bertz CT molecular complexity index is 951. The minimum absolute atomic E-state index is 0.0260. The lowest BCUT2D eigenvalue weighted by Gasteiger charge is -2.21. The Morgan fingerprint density at radius 2 is 2.19 bits per heavy atom. The SMILES string of the molecule is CCCN(Cc1cccnc1)C(=O)c1cnc(-c2csc(C)n2)[nH]c1=O. The van der Waals surface area contributed by atoms with Gasteiger partial charge in [-0.05, 0) is 25.0 Å². The molecule has 8 heteroatoms. The molecule has 0 bridgehead atoms. The topological polar surface area (TPSA) is 91.8 Å². The second-order valence-corrected chi connectivity index (χ2v) is 6.88. The fourth-order valence-electron chi connectivity index (χ4n) is 2.55. The van der Waals surface area contributed by atoms with Gasteiger partial charge in [0.1, 0.15) is 11.3 Å². The highest BCUT2D eigenvalue weighted by Gasteiger charge is 2.20. The highest BCUT2D eigenvalue weighted by molar-refractivity contribution is 7.09. The van der Waals surface area contributed by atoms with E-state index in [1.807, 2.05) is 31.4 Å². The molecule has 1 N–H and O–H groups in total. The van der Waals surface area contributed by atoms with Crippen LogP contribution < -0.4 is 5.56 Å². The summed E-state index contributed by atoms with van der Waals surface area (Å²) in [6.07, 6.45) is 5.51. The summed E-state index contributed by atoms with van der Waals surface area (Å²) in [6, 6.07) is 3.72. The number of hydrogen-bond donors (Lipinski definition) is 1. The highest BCUT2D eigenvalue weighted by atomic mass is 32.1. The van der Waals surface area contributed by atoms with Crippen LogP contribution >= 0.6 is 11.3 Å². The first-order chi connectivity index (χ1) is 12.6. The van der Waals surface area contributed by atoms with Gasteiger partial charge in [0.25, 0.3) is 11.5 Å². The van der Waals surface area contributed by atoms with Crippen molar-refractivity contribution < 1.29 is 4.79 Å². The van der Waals surface area contributed by atoms with E-state index >= 15 is 0 Å². The number of amides is 1. The fraction of sp³-hybridized carbons (Fsp3) is 0.278. The molecule has 0 aliphatic heterocycles. The van der Waals surface area contributed by atoms with Crippen molar-refractivity contribution in [1.29, 1.82) is 0 Å². The third kappa shape index (κ3) is 4.02. The van der Waals surface area contributed by atoms with Crippen LogP contribution in [0.3, 0.4) is 0 Å². The van der Waals surface area contributed by atoms with Crippen LogP contribution in [0.2, 0.25) is 0 Å². The molecule has 1 amide bonds. The van der Waals surface area contributed by atoms with Crippen LogP contribution in [0.5, 0.6) is 0 Å². The number of aromatic amines is 1. The van der Waals surface area contributed by atoms with Gasteiger partial charge in [-0.1, -0.05) is 13.0 Å². The van der Waals surface area contributed by atoms with E-state index in [-0.39, 0.29) is 11.5 Å². The quantitative estimate of drug-likeness (QED) is 0.721. The van der Waals surface area contributed by atoms with Crippen LogP contribution in [-0.2, 0) is 6.54 Å². The number of aromatic nitrogens is 4. The Kier molecular flexibility index (Phi) is 5.52. The van der Waals surface area contributed by atoms with Crippen LogP contribution in [0.1, 0.15) is 34.3 Å². The largest absolute Gasteiger partial charge is 0.334 e. The maximum atomic E-state index is 12.8. The van der Waals surface area contributed by atoms with Gasteiger partial charge in [-0.3, -0.25) is 14.6 Å². The summed E-state index contributed by atoms with van der Waals surface area (Å²) in [5, 5.41) is 2.70. The van der Waals surface area contributed by atoms with Crippen molar-refractivity contribution in [3.63, 3.8) is 0 Å². The maximum absolute atomic E-state index is 12.8. The third-order valence-electron chi connectivity index (χ3n) is 3.77. The summed E-state index contributed by atoms with van der Waals surface area (Å²) < 4.78 is 0. The average molecular weight is 369 g/mol. The van der Waals surface area contributed by atoms with Gasteiger partial charge >= 0.3 is 0 Å². The summed E-state index contributed by atoms with van der Waals surface area (Å²) in [6.45, 7) is 4.80. The van der Waals surface area contributed by atoms with Crippen LogP contribution in [0, 0.1) is 6.92 Å². The third-order valence-corrected chi connectivity index (χ3v) is 4.54. The van der Waals surface area contributed by atoms with Gasteiger partial charge in [0, 0.05) is 37.1 Å². The number of thiazole rings is 1. The summed E-state index contributed by atoms with van der Waals surface area (Å²) in [5.74, 6) is 0.0238. The molecule has 0 aromatic carbocycles. The second-order valence-electron chi connectivity index (χ2n) is 5.81. The zero-order valence-electron chi connectivity index (χ0n) is 14.6. The summed E-state index contributed by atoms with van der Waals surface area (Å²) in [4.78, 5) is 42.2. The van der Waals surface area contributed by atoms with E-state index in [0.29, 0.717) is 24.6 Å². The normalized spacial score (nSPS) is 10.7. The number of carbonyl (C=O) groups is 1. The monoisotopic (exact) mass is 369 g/mol. The molecule has 26 heavy (non-hydrogen) atoms. The molecule has 0 unspecified atom stereocenters. The van der Waals surface area contributed by atoms with Crippen molar-refractivity contribution in [2.45, 2.75) is 26.8 Å². The number of nitrogens with zero attached hydrogens (tertiary/aromatic N) is 4. The molecule has 0 aliphatic rings. The molecular weight excluding hydrogens is 350 g/mol. The Morgan fingerprint density at radius 3 is 2.81 bits per heavy atom. The van der Waals surface area contributed by atoms with Crippen molar-refractivity contribution in [3.05, 3.63) is 62.6 Å². The van der Waals surface area contributed by atoms with Crippen LogP contribution in [0.25, 0.3) is 11.5 Å². The molecule has 3 aromatic rings. The second kappa shape index (κ2) is 8.01. The van der Waals surface area contributed by atoms with E-state index < -0.39 is 5.56 Å². The first-order valence-corrected chi connectivity index (χ1v) is 9.16. The number of pyridine rings is 1. The molecule has 3 aromatic heterocycles. The van der Waals surface area contributed by atoms with E-state index in [1.165, 1.54) is 17.5 Å². The lowest BCUT2D eigenvalue weighted by atomic mass is 10.2. The van der Waals surface area contributed by atoms with Gasteiger partial charge in [-0.2, -0.15) is 0 Å². The molecule has 0 atom stereocenters. The number of rotatable bonds is 6. The lowest BCUT2D eigenvalue weighted by molar-refractivity contribution is 0.0741. The van der Waals surface area contributed by atoms with Crippen molar-refractivity contribution in [2.75, 3.05) is 6.54 Å². The van der Waals surface area contributed by atoms with E-state index in [2.05, 4.69) is 19.9 Å². The van der Waals surface area contributed by atoms with Crippen LogP contribution in [0.4, 0.5) is 0 Å². The number of carbonyl (C=O) groups excluding carboxylic acids is 1. The molecular formula is C18H19N5O2S. The van der Waals surface area contributed by atoms with Gasteiger partial charge in [0.2, 0.25) is 0 Å². The van der Waals surface area contributed by atoms with Crippen LogP contribution in [-0.4, -0.2) is 37.3 Å². The van der Waals surface area contributed by atoms with Crippen molar-refractivity contribution in [2.24, 2.45) is 0 Å². The van der Waals surface area contributed by atoms with E-state index in [0.717, 1.165) is 17.0 Å². The first-order valence-electron chi connectivity index (χ1n) is 8.28. The Labute approximate surface area is 154 Å². The molecule has 0 fully saturated rings. The molecule has 0 radical (unpaired) electrons. The Hall–Kier alpha value is -2.87. The number of hydrogen-bond acceptors (Lipinski definition) is 6. The van der Waals surface area contributed by atoms with Gasteiger partial charge in [0.15, 0.2) is 5.82 Å². The minimum atomic E-state index is -0.460. The van der Waals surface area contributed by atoms with Crippen LogP contribution in [0.15, 0.2) is 40.9 Å². The fourth-order valence-corrected chi connectivity index (χ4v) is 3.15. The maximum Gasteiger partial charge on any atom is 0.264 e. The first kappa shape index (κ1) is 17.9. The summed E-state index contributed by atoms with van der Waals surface area (Å²) in [5.41, 5.74) is 1.08. The summed E-state index contributed by atoms with van der Waals surface area (Å²) >= 11 is 1.47. The minimum Gasteiger partial charge on any atom is -0.334 e. The molecule has 0 aliphatic carbocycles. The van der Waals surface area contributed by atoms with Gasteiger partial charge in [-0.15, -0.1) is 11.3 Å².